The van der Waals surface area contributed by atoms with Crippen LogP contribution in [0.5, 0.6) is 0 Å². The number of hydrogen-bond donors (Lipinski definition) is 0. The molecule has 1 aromatic heterocycles. The zero-order valence-corrected chi connectivity index (χ0v) is 13.9. The molecule has 1 aromatic rings. The van der Waals surface area contributed by atoms with Crippen molar-refractivity contribution < 1.29 is 0 Å². The van der Waals surface area contributed by atoms with Gasteiger partial charge in [0.2, 0.25) is 0 Å². The molecular weight excluding hydrogens is 295 g/mol. The van der Waals surface area contributed by atoms with E-state index in [-0.39, 0.29) is 18.0 Å². The van der Waals surface area contributed by atoms with E-state index in [1.807, 2.05) is 11.5 Å². The number of hydrogen-bond acceptors (Lipinski definition) is 2. The molecule has 20 heavy (non-hydrogen) atoms. The Morgan fingerprint density at radius 1 is 1.45 bits per heavy atom. The molecule has 0 spiro atoms. The third kappa shape index (κ3) is 3.56. The van der Waals surface area contributed by atoms with Gasteiger partial charge in [0, 0.05) is 29.6 Å². The van der Waals surface area contributed by atoms with Gasteiger partial charge in [0.05, 0.1) is 0 Å². The Morgan fingerprint density at radius 2 is 2.20 bits per heavy atom. The Balaban J connectivity index is 0.00000200. The number of fused-ring (bicyclic) bond motifs is 1. The number of halogens is 2. The zero-order valence-electron chi connectivity index (χ0n) is 12.3. The van der Waals surface area contributed by atoms with Crippen molar-refractivity contribution in [1.82, 2.24) is 9.55 Å². The van der Waals surface area contributed by atoms with Gasteiger partial charge in [0.15, 0.2) is 0 Å². The number of nitrogens with zero attached hydrogens (tertiary/aromatic N) is 2. The molecule has 0 saturated heterocycles. The maximum atomic E-state index is 12.5. The van der Waals surface area contributed by atoms with Crippen LogP contribution >= 0.6 is 24.0 Å². The lowest BCUT2D eigenvalue weighted by Crippen LogP contribution is -2.33. The van der Waals surface area contributed by atoms with E-state index in [1.165, 1.54) is 19.3 Å². The first-order valence-electron chi connectivity index (χ1n) is 7.35. The second kappa shape index (κ2) is 8.04. The van der Waals surface area contributed by atoms with E-state index >= 15 is 0 Å². The topological polar surface area (TPSA) is 34.9 Å². The Morgan fingerprint density at radius 3 is 2.85 bits per heavy atom. The minimum Gasteiger partial charge on any atom is -0.296 e. The van der Waals surface area contributed by atoms with Crippen molar-refractivity contribution in [1.29, 1.82) is 0 Å². The van der Waals surface area contributed by atoms with E-state index in [2.05, 4.69) is 6.92 Å². The fourth-order valence-electron chi connectivity index (χ4n) is 2.98. The number of alkyl halides is 1. The van der Waals surface area contributed by atoms with Crippen LogP contribution in [0.3, 0.4) is 0 Å². The molecule has 0 fully saturated rings. The molecule has 3 nitrogen and oxygen atoms in total. The number of unbranched alkanes of at least 4 members (excludes halogenated alkanes) is 1. The van der Waals surface area contributed by atoms with Crippen molar-refractivity contribution in [3.05, 3.63) is 27.4 Å². The summed E-state index contributed by atoms with van der Waals surface area (Å²) in [6, 6.07) is 0. The number of rotatable bonds is 5. The molecule has 0 radical (unpaired) electrons. The highest BCUT2D eigenvalue weighted by atomic mass is 35.5. The van der Waals surface area contributed by atoms with Gasteiger partial charge in [-0.15, -0.1) is 24.0 Å². The molecule has 1 aliphatic heterocycles. The van der Waals surface area contributed by atoms with Crippen molar-refractivity contribution >= 4 is 24.0 Å². The second-order valence-corrected chi connectivity index (χ2v) is 5.79. The average molecular weight is 319 g/mol. The predicted octanol–water partition coefficient (Wildman–Crippen LogP) is 3.82. The van der Waals surface area contributed by atoms with Gasteiger partial charge in [0.1, 0.15) is 5.82 Å². The Hall–Kier alpha value is -0.540. The molecule has 1 atom stereocenters. The Kier molecular flexibility index (Phi) is 7.04. The van der Waals surface area contributed by atoms with Gasteiger partial charge < -0.3 is 0 Å². The lowest BCUT2D eigenvalue weighted by atomic mass is 9.92. The molecule has 1 aliphatic rings. The van der Waals surface area contributed by atoms with Gasteiger partial charge in [-0.1, -0.05) is 19.8 Å². The molecule has 0 aliphatic carbocycles. The van der Waals surface area contributed by atoms with Crippen LogP contribution in [0.1, 0.15) is 62.0 Å². The summed E-state index contributed by atoms with van der Waals surface area (Å²) in [7, 11) is 0. The van der Waals surface area contributed by atoms with Crippen LogP contribution in [-0.4, -0.2) is 15.4 Å². The lowest BCUT2D eigenvalue weighted by molar-refractivity contribution is 0.397. The summed E-state index contributed by atoms with van der Waals surface area (Å²) in [5, 5.41) is 0. The van der Waals surface area contributed by atoms with Crippen LogP contribution in [0.4, 0.5) is 0 Å². The standard InChI is InChI=1S/C15H23ClN2O.ClH/c1-3-4-6-12-7-5-10-18-14(12)17-11(2)13(8-9-16)15(18)19;/h12H,3-10H2,1-2H3;1H. The van der Waals surface area contributed by atoms with Crippen LogP contribution in [0, 0.1) is 6.92 Å². The first-order valence-corrected chi connectivity index (χ1v) is 7.88. The molecule has 0 bridgehead atoms. The summed E-state index contributed by atoms with van der Waals surface area (Å²) in [4.78, 5) is 17.2. The van der Waals surface area contributed by atoms with Crippen molar-refractivity contribution in [2.45, 2.75) is 64.8 Å². The predicted molar refractivity (Wildman–Crippen MR) is 86.4 cm³/mol. The highest BCUT2D eigenvalue weighted by molar-refractivity contribution is 6.17. The molecule has 0 aromatic carbocycles. The van der Waals surface area contributed by atoms with Gasteiger partial charge in [-0.3, -0.25) is 9.36 Å². The second-order valence-electron chi connectivity index (χ2n) is 5.41. The summed E-state index contributed by atoms with van der Waals surface area (Å²) >= 11 is 5.78. The van der Waals surface area contributed by atoms with E-state index in [4.69, 9.17) is 16.6 Å². The third-order valence-electron chi connectivity index (χ3n) is 4.05. The first kappa shape index (κ1) is 17.5. The van der Waals surface area contributed by atoms with E-state index in [0.29, 0.717) is 18.2 Å². The van der Waals surface area contributed by atoms with Crippen molar-refractivity contribution in [3.8, 4) is 0 Å². The molecule has 0 amide bonds. The molecular formula is C15H24Cl2N2O. The van der Waals surface area contributed by atoms with E-state index in [1.54, 1.807) is 0 Å². The molecule has 2 rings (SSSR count). The fourth-order valence-corrected chi connectivity index (χ4v) is 3.17. The van der Waals surface area contributed by atoms with Crippen molar-refractivity contribution in [3.63, 3.8) is 0 Å². The van der Waals surface area contributed by atoms with Gasteiger partial charge in [-0.2, -0.15) is 0 Å². The molecule has 0 saturated carbocycles. The van der Waals surface area contributed by atoms with Crippen LogP contribution in [0.2, 0.25) is 0 Å². The largest absolute Gasteiger partial charge is 0.296 e. The van der Waals surface area contributed by atoms with Gasteiger partial charge in [-0.05, 0) is 32.6 Å². The van der Waals surface area contributed by atoms with Gasteiger partial charge in [0.25, 0.3) is 5.56 Å². The summed E-state index contributed by atoms with van der Waals surface area (Å²) in [5.74, 6) is 1.96. The van der Waals surface area contributed by atoms with Crippen molar-refractivity contribution in [2.24, 2.45) is 0 Å². The average Bonchev–Trinajstić information content (AvgIpc) is 2.41. The zero-order chi connectivity index (χ0) is 13.8. The molecule has 5 heteroatoms. The minimum atomic E-state index is 0. The van der Waals surface area contributed by atoms with Gasteiger partial charge >= 0.3 is 0 Å². The summed E-state index contributed by atoms with van der Waals surface area (Å²) in [5.41, 5.74) is 1.82. The SMILES string of the molecule is CCCCC1CCCn2c1nc(C)c(CCCl)c2=O.Cl. The lowest BCUT2D eigenvalue weighted by Gasteiger charge is -2.27. The number of aryl methyl sites for hydroxylation is 1. The van der Waals surface area contributed by atoms with E-state index in [9.17, 15) is 4.79 Å². The van der Waals surface area contributed by atoms with Crippen LogP contribution in [-0.2, 0) is 13.0 Å². The molecule has 1 unspecified atom stereocenters. The van der Waals surface area contributed by atoms with Crippen LogP contribution < -0.4 is 5.56 Å². The highest BCUT2D eigenvalue weighted by Gasteiger charge is 2.24. The molecule has 114 valence electrons. The third-order valence-corrected chi connectivity index (χ3v) is 4.24. The van der Waals surface area contributed by atoms with Crippen molar-refractivity contribution in [2.75, 3.05) is 5.88 Å². The monoisotopic (exact) mass is 318 g/mol. The van der Waals surface area contributed by atoms with Crippen LogP contribution in [0.25, 0.3) is 0 Å². The normalized spacial score (nSPS) is 17.4. The first-order chi connectivity index (χ1) is 9.19. The Bertz CT molecular complexity index is 499. The van der Waals surface area contributed by atoms with Gasteiger partial charge in [-0.25, -0.2) is 4.98 Å². The summed E-state index contributed by atoms with van der Waals surface area (Å²) < 4.78 is 1.90. The summed E-state index contributed by atoms with van der Waals surface area (Å²) in [6.45, 7) is 4.97. The summed E-state index contributed by atoms with van der Waals surface area (Å²) in [6.07, 6.45) is 6.44. The maximum Gasteiger partial charge on any atom is 0.256 e. The fraction of sp³-hybridized carbons (Fsp3) is 0.733. The Labute approximate surface area is 132 Å². The van der Waals surface area contributed by atoms with Crippen LogP contribution in [0.15, 0.2) is 4.79 Å². The highest BCUT2D eigenvalue weighted by Crippen LogP contribution is 2.29. The smallest absolute Gasteiger partial charge is 0.256 e. The van der Waals surface area contributed by atoms with E-state index < -0.39 is 0 Å². The maximum absolute atomic E-state index is 12.5. The quantitative estimate of drug-likeness (QED) is 0.773. The molecule has 0 N–H and O–H groups in total. The van der Waals surface area contributed by atoms with E-state index in [0.717, 1.165) is 36.5 Å². The molecule has 2 heterocycles. The number of aromatic nitrogens is 2. The minimum absolute atomic E-state index is 0.